The van der Waals surface area contributed by atoms with Gasteiger partial charge < -0.3 is 9.47 Å². The number of nitrogens with zero attached hydrogens (tertiary/aromatic N) is 2. The summed E-state index contributed by atoms with van der Waals surface area (Å²) in [6, 6.07) is 9.28. The van der Waals surface area contributed by atoms with Crippen LogP contribution in [0.3, 0.4) is 0 Å². The average Bonchev–Trinajstić information content (AvgIpc) is 2.55. The average molecular weight is 318 g/mol. The first-order chi connectivity index (χ1) is 11.1. The molecule has 0 unspecified atom stereocenters. The number of halogens is 2. The molecule has 0 saturated carbocycles. The van der Waals surface area contributed by atoms with Gasteiger partial charge in [-0.05, 0) is 17.7 Å². The highest BCUT2D eigenvalue weighted by atomic mass is 19.1. The van der Waals surface area contributed by atoms with Crippen LogP contribution in [0.5, 0.6) is 5.75 Å². The lowest BCUT2D eigenvalue weighted by Crippen LogP contribution is -2.09. The molecule has 5 nitrogen and oxygen atoms in total. The summed E-state index contributed by atoms with van der Waals surface area (Å²) in [4.78, 5) is 14.9. The van der Waals surface area contributed by atoms with Crippen LogP contribution in [0.4, 0.5) is 8.78 Å². The van der Waals surface area contributed by atoms with Crippen molar-refractivity contribution in [2.75, 3.05) is 6.61 Å². The van der Waals surface area contributed by atoms with Crippen molar-refractivity contribution in [2.24, 2.45) is 0 Å². The number of carbonyl (C=O) groups excluding carboxylic acids is 1. The van der Waals surface area contributed by atoms with Gasteiger partial charge in [-0.1, -0.05) is 12.1 Å². The van der Waals surface area contributed by atoms with E-state index in [1.807, 2.05) is 6.07 Å². The minimum atomic E-state index is -0.842. The highest BCUT2D eigenvalue weighted by Gasteiger charge is 2.10. The smallest absolute Gasteiger partial charge is 0.310 e. The molecule has 1 aromatic heterocycles. The summed E-state index contributed by atoms with van der Waals surface area (Å²) >= 11 is 0. The van der Waals surface area contributed by atoms with E-state index in [1.54, 1.807) is 24.3 Å². The Hall–Kier alpha value is -3.01. The van der Waals surface area contributed by atoms with Crippen molar-refractivity contribution < 1.29 is 23.0 Å². The number of hydrogen-bond acceptors (Lipinski definition) is 5. The van der Waals surface area contributed by atoms with E-state index >= 15 is 0 Å². The molecule has 0 N–H and O–H groups in total. The molecular formula is C16H12F2N2O3. The first-order valence-corrected chi connectivity index (χ1v) is 6.62. The van der Waals surface area contributed by atoms with Crippen molar-refractivity contribution in [1.29, 1.82) is 5.26 Å². The fourth-order valence-electron chi connectivity index (χ4n) is 1.76. The van der Waals surface area contributed by atoms with Crippen LogP contribution in [0.1, 0.15) is 11.1 Å². The normalized spacial score (nSPS) is 9.96. The minimum Gasteiger partial charge on any atom is -0.479 e. The van der Waals surface area contributed by atoms with E-state index in [0.717, 1.165) is 12.3 Å². The number of aromatic nitrogens is 1. The summed E-state index contributed by atoms with van der Waals surface area (Å²) in [5.74, 6) is -1.64. The van der Waals surface area contributed by atoms with Crippen LogP contribution in [0.25, 0.3) is 0 Å². The zero-order chi connectivity index (χ0) is 16.7. The summed E-state index contributed by atoms with van der Waals surface area (Å²) in [5.41, 5.74) is 0.590. The Morgan fingerprint density at radius 1 is 1.26 bits per heavy atom. The summed E-state index contributed by atoms with van der Waals surface area (Å²) in [7, 11) is 0. The molecule has 0 amide bonds. The van der Waals surface area contributed by atoms with Crippen LogP contribution in [-0.4, -0.2) is 17.6 Å². The number of carbonyl (C=O) groups is 1. The number of pyridine rings is 1. The van der Waals surface area contributed by atoms with Gasteiger partial charge in [0.25, 0.3) is 0 Å². The maximum absolute atomic E-state index is 13.3. The van der Waals surface area contributed by atoms with E-state index in [4.69, 9.17) is 14.7 Å². The molecular weight excluding hydrogens is 306 g/mol. The van der Waals surface area contributed by atoms with Crippen LogP contribution in [0.15, 0.2) is 36.5 Å². The maximum Gasteiger partial charge on any atom is 0.310 e. The molecule has 23 heavy (non-hydrogen) atoms. The second-order valence-electron chi connectivity index (χ2n) is 4.53. The molecule has 1 aromatic carbocycles. The number of nitriles is 1. The van der Waals surface area contributed by atoms with Gasteiger partial charge in [-0.15, -0.1) is 0 Å². The molecule has 0 bridgehead atoms. The van der Waals surface area contributed by atoms with Crippen molar-refractivity contribution in [2.45, 2.75) is 13.0 Å². The van der Waals surface area contributed by atoms with Crippen molar-refractivity contribution >= 4 is 5.97 Å². The molecule has 0 spiro atoms. The molecule has 0 fully saturated rings. The summed E-state index contributed by atoms with van der Waals surface area (Å²) in [6.07, 6.45) is 0.714. The third kappa shape index (κ3) is 5.04. The molecule has 2 rings (SSSR count). The van der Waals surface area contributed by atoms with E-state index in [0.29, 0.717) is 11.3 Å². The summed E-state index contributed by atoms with van der Waals surface area (Å²) in [5, 5.41) is 8.40. The lowest BCUT2D eigenvalue weighted by molar-refractivity contribution is -0.144. The quantitative estimate of drug-likeness (QED) is 0.604. The first kappa shape index (κ1) is 16.4. The minimum absolute atomic E-state index is 0.0201. The predicted octanol–water partition coefficient (Wildman–Crippen LogP) is 2.55. The first-order valence-electron chi connectivity index (χ1n) is 6.62. The van der Waals surface area contributed by atoms with Crippen molar-refractivity contribution in [3.8, 4) is 11.8 Å². The lowest BCUT2D eigenvalue weighted by Gasteiger charge is -2.07. The number of hydrogen-bond donors (Lipinski definition) is 0. The molecule has 7 heteroatoms. The van der Waals surface area contributed by atoms with Gasteiger partial charge in [0.2, 0.25) is 5.95 Å². The van der Waals surface area contributed by atoms with E-state index in [9.17, 15) is 13.6 Å². The molecule has 1 heterocycles. The molecule has 0 aliphatic rings. The number of benzene rings is 1. The van der Waals surface area contributed by atoms with Crippen molar-refractivity contribution in [3.63, 3.8) is 0 Å². The number of esters is 1. The predicted molar refractivity (Wildman–Crippen MR) is 75.2 cm³/mol. The number of rotatable bonds is 6. The Balaban J connectivity index is 1.87. The third-order valence-corrected chi connectivity index (χ3v) is 2.87. The van der Waals surface area contributed by atoms with Crippen molar-refractivity contribution in [1.82, 2.24) is 4.98 Å². The molecule has 0 saturated heterocycles. The molecule has 2 aromatic rings. The second-order valence-corrected chi connectivity index (χ2v) is 4.53. The van der Waals surface area contributed by atoms with Crippen LogP contribution < -0.4 is 4.74 Å². The second kappa shape index (κ2) is 7.84. The molecule has 0 atom stereocenters. The van der Waals surface area contributed by atoms with Gasteiger partial charge in [0.15, 0.2) is 6.61 Å². The molecule has 0 radical (unpaired) electrons. The fraction of sp³-hybridized carbons (Fsp3) is 0.188. The molecule has 118 valence electrons. The van der Waals surface area contributed by atoms with Gasteiger partial charge in [-0.2, -0.15) is 9.65 Å². The lowest BCUT2D eigenvalue weighted by atomic mass is 10.1. The Labute approximate surface area is 131 Å². The fourth-order valence-corrected chi connectivity index (χ4v) is 1.76. The molecule has 0 aliphatic carbocycles. The van der Waals surface area contributed by atoms with Crippen LogP contribution in [-0.2, 0) is 22.6 Å². The van der Waals surface area contributed by atoms with Crippen LogP contribution in [0.2, 0.25) is 0 Å². The third-order valence-electron chi connectivity index (χ3n) is 2.87. The Kier molecular flexibility index (Phi) is 5.58. The van der Waals surface area contributed by atoms with Gasteiger partial charge in [0.05, 0.1) is 12.6 Å². The zero-order valence-corrected chi connectivity index (χ0v) is 12.0. The summed E-state index contributed by atoms with van der Waals surface area (Å²) in [6.45, 7) is -0.428. The Bertz CT molecular complexity index is 727. The molecule has 0 aliphatic heterocycles. The SMILES string of the molecule is N#CCOc1ccc(CC(=O)OCc2cc(F)ncc2F)cc1. The zero-order valence-electron chi connectivity index (χ0n) is 12.0. The van der Waals surface area contributed by atoms with E-state index in [-0.39, 0.29) is 25.2 Å². The topological polar surface area (TPSA) is 72.2 Å². The van der Waals surface area contributed by atoms with E-state index in [1.165, 1.54) is 0 Å². The van der Waals surface area contributed by atoms with Gasteiger partial charge >= 0.3 is 5.97 Å². The van der Waals surface area contributed by atoms with Gasteiger partial charge in [-0.25, -0.2) is 9.37 Å². The van der Waals surface area contributed by atoms with Crippen molar-refractivity contribution in [3.05, 3.63) is 59.4 Å². The Morgan fingerprint density at radius 3 is 2.70 bits per heavy atom. The maximum atomic E-state index is 13.3. The largest absolute Gasteiger partial charge is 0.479 e. The number of ether oxygens (including phenoxy) is 2. The van der Waals surface area contributed by atoms with E-state index in [2.05, 4.69) is 4.98 Å². The van der Waals surface area contributed by atoms with Crippen LogP contribution >= 0.6 is 0 Å². The van der Waals surface area contributed by atoms with Gasteiger partial charge in [0.1, 0.15) is 24.2 Å². The van der Waals surface area contributed by atoms with Gasteiger partial charge in [-0.3, -0.25) is 4.79 Å². The van der Waals surface area contributed by atoms with Gasteiger partial charge in [0, 0.05) is 11.6 Å². The summed E-state index contributed by atoms with van der Waals surface area (Å²) < 4.78 is 36.2. The Morgan fingerprint density at radius 2 is 2.00 bits per heavy atom. The highest BCUT2D eigenvalue weighted by Crippen LogP contribution is 2.14. The van der Waals surface area contributed by atoms with Crippen LogP contribution in [0, 0.1) is 23.1 Å². The monoisotopic (exact) mass is 318 g/mol. The standard InChI is InChI=1S/C16H12F2N2O3/c17-14-9-20-15(18)8-12(14)10-23-16(21)7-11-1-3-13(4-2-11)22-6-5-19/h1-4,8-9H,6-7,10H2. The highest BCUT2D eigenvalue weighted by molar-refractivity contribution is 5.72. The van der Waals surface area contributed by atoms with E-state index < -0.39 is 17.7 Å².